The summed E-state index contributed by atoms with van der Waals surface area (Å²) in [5.74, 6) is 1.56. The number of hydrogen-bond acceptors (Lipinski definition) is 5. The van der Waals surface area contributed by atoms with Crippen molar-refractivity contribution < 1.29 is 23.5 Å². The van der Waals surface area contributed by atoms with Gasteiger partial charge >= 0.3 is 6.03 Å². The number of para-hydroxylation sites is 2. The summed E-state index contributed by atoms with van der Waals surface area (Å²) in [6.45, 7) is 2.42. The zero-order valence-electron chi connectivity index (χ0n) is 14.8. The predicted octanol–water partition coefficient (Wildman–Crippen LogP) is 1.67. The zero-order valence-corrected chi connectivity index (χ0v) is 14.8. The van der Waals surface area contributed by atoms with Gasteiger partial charge in [0.15, 0.2) is 11.5 Å². The highest BCUT2D eigenvalue weighted by Gasteiger charge is 2.15. The van der Waals surface area contributed by atoms with E-state index in [4.69, 9.17) is 13.9 Å². The number of carbonyl (C=O) groups excluding carboxylic acids is 2. The van der Waals surface area contributed by atoms with Gasteiger partial charge < -0.3 is 29.8 Å². The Hall–Kier alpha value is -3.16. The molecule has 1 aromatic heterocycles. The molecule has 1 heterocycles. The summed E-state index contributed by atoms with van der Waals surface area (Å²) in [5.41, 5.74) is 0. The average Bonchev–Trinajstić information content (AvgIpc) is 3.17. The van der Waals surface area contributed by atoms with Crippen molar-refractivity contribution >= 4 is 11.9 Å². The van der Waals surface area contributed by atoms with Gasteiger partial charge in [-0.15, -0.1) is 0 Å². The van der Waals surface area contributed by atoms with Crippen LogP contribution in [0.1, 0.15) is 12.7 Å². The Bertz CT molecular complexity index is 703. The summed E-state index contributed by atoms with van der Waals surface area (Å²) in [4.78, 5) is 23.7. The van der Waals surface area contributed by atoms with E-state index in [1.807, 2.05) is 12.1 Å². The van der Waals surface area contributed by atoms with Crippen molar-refractivity contribution in [2.75, 3.05) is 20.3 Å². The molecule has 140 valence electrons. The Morgan fingerprint density at radius 2 is 1.88 bits per heavy atom. The normalized spacial score (nSPS) is 11.3. The number of methoxy groups -OCH3 is 1. The van der Waals surface area contributed by atoms with Crippen LogP contribution in [-0.2, 0) is 11.3 Å². The second kappa shape index (κ2) is 9.97. The highest BCUT2D eigenvalue weighted by atomic mass is 16.5. The molecule has 2 aromatic rings. The quantitative estimate of drug-likeness (QED) is 0.590. The summed E-state index contributed by atoms with van der Waals surface area (Å²) >= 11 is 0. The molecular weight excluding hydrogens is 338 g/mol. The number of urea groups is 1. The molecule has 3 N–H and O–H groups in total. The van der Waals surface area contributed by atoms with Crippen molar-refractivity contribution in [3.8, 4) is 11.5 Å². The maximum atomic E-state index is 11.9. The van der Waals surface area contributed by atoms with Crippen LogP contribution in [0.3, 0.4) is 0 Å². The fourth-order valence-corrected chi connectivity index (χ4v) is 2.12. The van der Waals surface area contributed by atoms with E-state index in [9.17, 15) is 9.59 Å². The van der Waals surface area contributed by atoms with Crippen LogP contribution in [0.4, 0.5) is 4.79 Å². The van der Waals surface area contributed by atoms with Crippen molar-refractivity contribution in [2.45, 2.75) is 19.5 Å². The van der Waals surface area contributed by atoms with Gasteiger partial charge in [0, 0.05) is 0 Å². The Labute approximate surface area is 151 Å². The molecule has 0 aliphatic heterocycles. The number of amides is 3. The Kier molecular flexibility index (Phi) is 7.35. The van der Waals surface area contributed by atoms with Gasteiger partial charge in [-0.25, -0.2) is 4.79 Å². The lowest BCUT2D eigenvalue weighted by Gasteiger charge is -2.15. The minimum Gasteiger partial charge on any atom is -0.493 e. The lowest BCUT2D eigenvalue weighted by Crippen LogP contribution is -2.48. The van der Waals surface area contributed by atoms with Gasteiger partial charge in [-0.1, -0.05) is 12.1 Å². The van der Waals surface area contributed by atoms with E-state index in [0.717, 1.165) is 0 Å². The first-order valence-electron chi connectivity index (χ1n) is 8.20. The molecule has 8 nitrogen and oxygen atoms in total. The maximum absolute atomic E-state index is 11.9. The lowest BCUT2D eigenvalue weighted by atomic mass is 10.3. The minimum absolute atomic E-state index is 0.270. The standard InChI is InChI=1S/C18H23N3O5/c1-13(17(22)20-12-14-6-5-10-25-14)21-18(23)19-9-11-26-16-8-4-3-7-15(16)24-2/h3-8,10,13H,9,11-12H2,1-2H3,(H,20,22)(H2,19,21,23). The summed E-state index contributed by atoms with van der Waals surface area (Å²) in [5, 5.41) is 7.87. The van der Waals surface area contributed by atoms with Crippen LogP contribution in [-0.4, -0.2) is 38.2 Å². The maximum Gasteiger partial charge on any atom is 0.315 e. The van der Waals surface area contributed by atoms with Crippen molar-refractivity contribution in [1.29, 1.82) is 0 Å². The molecule has 0 radical (unpaired) electrons. The molecule has 0 saturated heterocycles. The molecule has 2 rings (SSSR count). The summed E-state index contributed by atoms with van der Waals surface area (Å²) in [6, 6.07) is 9.62. The Morgan fingerprint density at radius 1 is 1.12 bits per heavy atom. The first-order chi connectivity index (χ1) is 12.6. The van der Waals surface area contributed by atoms with E-state index >= 15 is 0 Å². The van der Waals surface area contributed by atoms with E-state index in [0.29, 0.717) is 17.3 Å². The van der Waals surface area contributed by atoms with E-state index in [-0.39, 0.29) is 25.6 Å². The number of rotatable bonds is 9. The average molecular weight is 361 g/mol. The zero-order chi connectivity index (χ0) is 18.8. The number of ether oxygens (including phenoxy) is 2. The smallest absolute Gasteiger partial charge is 0.315 e. The van der Waals surface area contributed by atoms with Crippen molar-refractivity contribution in [2.24, 2.45) is 0 Å². The van der Waals surface area contributed by atoms with Gasteiger partial charge in [-0.05, 0) is 31.2 Å². The van der Waals surface area contributed by atoms with Gasteiger partial charge in [0.1, 0.15) is 18.4 Å². The first kappa shape index (κ1) is 19.2. The number of benzene rings is 1. The van der Waals surface area contributed by atoms with Gasteiger partial charge in [-0.2, -0.15) is 0 Å². The molecule has 3 amide bonds. The van der Waals surface area contributed by atoms with Crippen LogP contribution in [0, 0.1) is 0 Å². The minimum atomic E-state index is -0.680. The van der Waals surface area contributed by atoms with Crippen LogP contribution >= 0.6 is 0 Å². The predicted molar refractivity (Wildman–Crippen MR) is 95.0 cm³/mol. The molecule has 0 fully saturated rings. The highest BCUT2D eigenvalue weighted by molar-refractivity contribution is 5.86. The van der Waals surface area contributed by atoms with Gasteiger partial charge in [-0.3, -0.25) is 4.79 Å². The molecule has 0 aliphatic carbocycles. The fourth-order valence-electron chi connectivity index (χ4n) is 2.12. The van der Waals surface area contributed by atoms with E-state index in [1.54, 1.807) is 38.3 Å². The molecule has 0 aliphatic rings. The third kappa shape index (κ3) is 6.04. The van der Waals surface area contributed by atoms with Crippen molar-refractivity contribution in [3.63, 3.8) is 0 Å². The second-order valence-corrected chi connectivity index (χ2v) is 5.42. The molecule has 8 heteroatoms. The molecule has 1 aromatic carbocycles. The lowest BCUT2D eigenvalue weighted by molar-refractivity contribution is -0.122. The largest absolute Gasteiger partial charge is 0.493 e. The summed E-state index contributed by atoms with van der Waals surface area (Å²) < 4.78 is 15.9. The van der Waals surface area contributed by atoms with E-state index in [1.165, 1.54) is 6.26 Å². The number of furan rings is 1. The topological polar surface area (TPSA) is 102 Å². The van der Waals surface area contributed by atoms with Crippen molar-refractivity contribution in [1.82, 2.24) is 16.0 Å². The van der Waals surface area contributed by atoms with Crippen molar-refractivity contribution in [3.05, 3.63) is 48.4 Å². The van der Waals surface area contributed by atoms with Crippen LogP contribution < -0.4 is 25.4 Å². The molecular formula is C18H23N3O5. The third-order valence-electron chi connectivity index (χ3n) is 3.47. The highest BCUT2D eigenvalue weighted by Crippen LogP contribution is 2.25. The molecule has 1 unspecified atom stereocenters. The van der Waals surface area contributed by atoms with Crippen LogP contribution in [0.2, 0.25) is 0 Å². The SMILES string of the molecule is COc1ccccc1OCCNC(=O)NC(C)C(=O)NCc1ccco1. The third-order valence-corrected chi connectivity index (χ3v) is 3.47. The van der Waals surface area contributed by atoms with Gasteiger partial charge in [0.2, 0.25) is 5.91 Å². The monoisotopic (exact) mass is 361 g/mol. The van der Waals surface area contributed by atoms with Gasteiger partial charge in [0.05, 0.1) is 26.5 Å². The summed E-state index contributed by atoms with van der Waals surface area (Å²) in [7, 11) is 1.56. The Morgan fingerprint density at radius 3 is 2.58 bits per heavy atom. The van der Waals surface area contributed by atoms with Crippen LogP contribution in [0.25, 0.3) is 0 Å². The number of carbonyl (C=O) groups is 2. The molecule has 0 saturated carbocycles. The second-order valence-electron chi connectivity index (χ2n) is 5.42. The first-order valence-corrected chi connectivity index (χ1v) is 8.20. The van der Waals surface area contributed by atoms with Crippen LogP contribution in [0.15, 0.2) is 47.1 Å². The van der Waals surface area contributed by atoms with Crippen LogP contribution in [0.5, 0.6) is 11.5 Å². The summed E-state index contributed by atoms with van der Waals surface area (Å²) in [6.07, 6.45) is 1.53. The van der Waals surface area contributed by atoms with E-state index < -0.39 is 12.1 Å². The molecule has 0 bridgehead atoms. The Balaban J connectivity index is 1.63. The van der Waals surface area contributed by atoms with Gasteiger partial charge in [0.25, 0.3) is 0 Å². The fraction of sp³-hybridized carbons (Fsp3) is 0.333. The van der Waals surface area contributed by atoms with E-state index in [2.05, 4.69) is 16.0 Å². The molecule has 26 heavy (non-hydrogen) atoms. The molecule has 0 spiro atoms. The number of hydrogen-bond donors (Lipinski definition) is 3. The number of nitrogens with one attached hydrogen (secondary N) is 3. The molecule has 1 atom stereocenters.